The first-order valence-electron chi connectivity index (χ1n) is 6.45. The summed E-state index contributed by atoms with van der Waals surface area (Å²) in [6.07, 6.45) is 2.40. The van der Waals surface area contributed by atoms with Crippen LogP contribution in [-0.4, -0.2) is 30.7 Å². The number of benzene rings is 1. The Bertz CT molecular complexity index is 600. The fraction of sp³-hybridized carbons (Fsp3) is 0.333. The highest BCUT2D eigenvalue weighted by Gasteiger charge is 2.14. The van der Waals surface area contributed by atoms with Gasteiger partial charge in [-0.25, -0.2) is 9.97 Å². The fourth-order valence-corrected chi connectivity index (χ4v) is 2.16. The first-order valence-corrected chi connectivity index (χ1v) is 6.45. The molecule has 5 nitrogen and oxygen atoms in total. The van der Waals surface area contributed by atoms with Crippen molar-refractivity contribution in [1.82, 2.24) is 9.97 Å². The summed E-state index contributed by atoms with van der Waals surface area (Å²) in [7, 11) is 3.29. The van der Waals surface area contributed by atoms with Crippen molar-refractivity contribution in [2.24, 2.45) is 5.73 Å². The van der Waals surface area contributed by atoms with Gasteiger partial charge in [-0.05, 0) is 31.7 Å². The van der Waals surface area contributed by atoms with Crippen LogP contribution in [-0.2, 0) is 6.42 Å². The Kier molecular flexibility index (Phi) is 4.53. The second kappa shape index (κ2) is 6.34. The lowest BCUT2D eigenvalue weighted by atomic mass is 10.1. The van der Waals surface area contributed by atoms with Crippen LogP contribution >= 0.6 is 0 Å². The van der Waals surface area contributed by atoms with Gasteiger partial charge in [0.1, 0.15) is 17.3 Å². The number of aromatic nitrogens is 2. The summed E-state index contributed by atoms with van der Waals surface area (Å²) in [6, 6.07) is 5.72. The number of nitrogens with zero attached hydrogens (tertiary/aromatic N) is 2. The van der Waals surface area contributed by atoms with Crippen LogP contribution in [0.25, 0.3) is 11.3 Å². The fourth-order valence-electron chi connectivity index (χ4n) is 2.16. The molecular weight excluding hydrogens is 254 g/mol. The Morgan fingerprint density at radius 3 is 2.60 bits per heavy atom. The van der Waals surface area contributed by atoms with Crippen molar-refractivity contribution in [3.8, 4) is 22.8 Å². The van der Waals surface area contributed by atoms with Crippen LogP contribution in [0.4, 0.5) is 0 Å². The van der Waals surface area contributed by atoms with Crippen molar-refractivity contribution < 1.29 is 9.47 Å². The molecule has 0 bridgehead atoms. The molecule has 0 fully saturated rings. The van der Waals surface area contributed by atoms with Gasteiger partial charge in [0.05, 0.1) is 19.9 Å². The molecule has 0 atom stereocenters. The smallest absolute Gasteiger partial charge is 0.134 e. The van der Waals surface area contributed by atoms with Gasteiger partial charge in [0, 0.05) is 23.7 Å². The van der Waals surface area contributed by atoms with E-state index in [9.17, 15) is 0 Å². The number of methoxy groups -OCH3 is 2. The van der Waals surface area contributed by atoms with E-state index >= 15 is 0 Å². The lowest BCUT2D eigenvalue weighted by Crippen LogP contribution is -2.07. The van der Waals surface area contributed by atoms with Gasteiger partial charge in [-0.2, -0.15) is 0 Å². The summed E-state index contributed by atoms with van der Waals surface area (Å²) in [5, 5.41) is 0. The van der Waals surface area contributed by atoms with Crippen LogP contribution in [0.1, 0.15) is 11.4 Å². The Hall–Kier alpha value is -2.14. The molecule has 0 spiro atoms. The van der Waals surface area contributed by atoms with E-state index in [-0.39, 0.29) is 0 Å². The van der Waals surface area contributed by atoms with Gasteiger partial charge in [-0.15, -0.1) is 0 Å². The molecule has 1 heterocycles. The molecule has 0 aliphatic carbocycles. The molecule has 0 amide bonds. The zero-order chi connectivity index (χ0) is 14.5. The van der Waals surface area contributed by atoms with Crippen molar-refractivity contribution in [3.05, 3.63) is 35.8 Å². The number of ether oxygens (including phenoxy) is 2. The molecule has 0 aliphatic rings. The highest BCUT2D eigenvalue weighted by atomic mass is 16.5. The van der Waals surface area contributed by atoms with Crippen LogP contribution < -0.4 is 15.2 Å². The standard InChI is InChI=1S/C15H19N3O2/c1-10-13(19-2)5-4-11(15(10)20-3)12-7-9-17-14(18-12)6-8-16/h4-5,7,9H,6,8,16H2,1-3H3. The van der Waals surface area contributed by atoms with Crippen LogP contribution in [0.2, 0.25) is 0 Å². The minimum Gasteiger partial charge on any atom is -0.496 e. The van der Waals surface area contributed by atoms with Gasteiger partial charge >= 0.3 is 0 Å². The second-order valence-corrected chi connectivity index (χ2v) is 4.37. The van der Waals surface area contributed by atoms with Gasteiger partial charge in [0.15, 0.2) is 0 Å². The zero-order valence-corrected chi connectivity index (χ0v) is 12.0. The summed E-state index contributed by atoms with van der Waals surface area (Å²) >= 11 is 0. The minimum absolute atomic E-state index is 0.530. The average Bonchev–Trinajstić information content (AvgIpc) is 2.47. The van der Waals surface area contributed by atoms with E-state index in [1.165, 1.54) is 0 Å². The molecule has 2 N–H and O–H groups in total. The molecule has 5 heteroatoms. The van der Waals surface area contributed by atoms with E-state index in [0.717, 1.165) is 34.1 Å². The maximum Gasteiger partial charge on any atom is 0.134 e. The summed E-state index contributed by atoms with van der Waals surface area (Å²) < 4.78 is 10.8. The lowest BCUT2D eigenvalue weighted by molar-refractivity contribution is 0.390. The van der Waals surface area contributed by atoms with E-state index in [1.54, 1.807) is 20.4 Å². The van der Waals surface area contributed by atoms with E-state index in [4.69, 9.17) is 15.2 Å². The van der Waals surface area contributed by atoms with Crippen LogP contribution in [0.3, 0.4) is 0 Å². The number of nitrogens with two attached hydrogens (primary N) is 1. The normalized spacial score (nSPS) is 10.4. The van der Waals surface area contributed by atoms with Crippen molar-refractivity contribution >= 4 is 0 Å². The molecule has 2 rings (SSSR count). The largest absolute Gasteiger partial charge is 0.496 e. The van der Waals surface area contributed by atoms with E-state index in [0.29, 0.717) is 13.0 Å². The Morgan fingerprint density at radius 1 is 1.15 bits per heavy atom. The topological polar surface area (TPSA) is 70.3 Å². The van der Waals surface area contributed by atoms with Crippen molar-refractivity contribution in [1.29, 1.82) is 0 Å². The van der Waals surface area contributed by atoms with E-state index < -0.39 is 0 Å². The molecule has 1 aromatic carbocycles. The summed E-state index contributed by atoms with van der Waals surface area (Å²) in [4.78, 5) is 8.74. The summed E-state index contributed by atoms with van der Waals surface area (Å²) in [5.74, 6) is 2.30. The minimum atomic E-state index is 0.530. The quantitative estimate of drug-likeness (QED) is 0.902. The third-order valence-corrected chi connectivity index (χ3v) is 3.13. The summed E-state index contributed by atoms with van der Waals surface area (Å²) in [6.45, 7) is 2.49. The number of rotatable bonds is 5. The van der Waals surface area contributed by atoms with Gasteiger partial charge in [0.25, 0.3) is 0 Å². The van der Waals surface area contributed by atoms with Crippen molar-refractivity contribution in [2.75, 3.05) is 20.8 Å². The molecule has 2 aromatic rings. The molecule has 0 saturated carbocycles. The van der Waals surface area contributed by atoms with Crippen LogP contribution in [0.15, 0.2) is 24.4 Å². The monoisotopic (exact) mass is 273 g/mol. The third kappa shape index (κ3) is 2.72. The SMILES string of the molecule is COc1ccc(-c2ccnc(CCN)n2)c(OC)c1C. The van der Waals surface area contributed by atoms with Crippen LogP contribution in [0.5, 0.6) is 11.5 Å². The third-order valence-electron chi connectivity index (χ3n) is 3.13. The maximum atomic E-state index is 5.55. The Morgan fingerprint density at radius 2 is 1.95 bits per heavy atom. The van der Waals surface area contributed by atoms with Crippen molar-refractivity contribution in [3.63, 3.8) is 0 Å². The molecule has 20 heavy (non-hydrogen) atoms. The predicted molar refractivity (Wildman–Crippen MR) is 78.1 cm³/mol. The van der Waals surface area contributed by atoms with Gasteiger partial charge in [-0.3, -0.25) is 0 Å². The first-order chi connectivity index (χ1) is 9.71. The first kappa shape index (κ1) is 14.3. The highest BCUT2D eigenvalue weighted by Crippen LogP contribution is 2.36. The van der Waals surface area contributed by atoms with Crippen LogP contribution in [0, 0.1) is 6.92 Å². The average molecular weight is 273 g/mol. The van der Waals surface area contributed by atoms with E-state index in [2.05, 4.69) is 9.97 Å². The maximum absolute atomic E-state index is 5.55. The van der Waals surface area contributed by atoms with Gasteiger partial charge in [-0.1, -0.05) is 0 Å². The highest BCUT2D eigenvalue weighted by molar-refractivity contribution is 5.71. The molecule has 0 saturated heterocycles. The zero-order valence-electron chi connectivity index (χ0n) is 12.0. The second-order valence-electron chi connectivity index (χ2n) is 4.37. The molecule has 106 valence electrons. The molecule has 0 unspecified atom stereocenters. The predicted octanol–water partition coefficient (Wildman–Crippen LogP) is 1.97. The number of hydrogen-bond donors (Lipinski definition) is 1. The number of hydrogen-bond acceptors (Lipinski definition) is 5. The molecule has 1 aromatic heterocycles. The Labute approximate surface area is 118 Å². The lowest BCUT2D eigenvalue weighted by Gasteiger charge is -2.14. The van der Waals surface area contributed by atoms with Gasteiger partial charge < -0.3 is 15.2 Å². The van der Waals surface area contributed by atoms with Gasteiger partial charge in [0.2, 0.25) is 0 Å². The van der Waals surface area contributed by atoms with Crippen molar-refractivity contribution in [2.45, 2.75) is 13.3 Å². The molecule has 0 aliphatic heterocycles. The molecule has 0 radical (unpaired) electrons. The van der Waals surface area contributed by atoms with E-state index in [1.807, 2.05) is 25.1 Å². The Balaban J connectivity index is 2.52. The summed E-state index contributed by atoms with van der Waals surface area (Å²) in [5.41, 5.74) is 8.24. The molecular formula is C15H19N3O2.